The summed E-state index contributed by atoms with van der Waals surface area (Å²) in [5.41, 5.74) is 0. The number of hydrogen-bond acceptors (Lipinski definition) is 1. The third-order valence-electron chi connectivity index (χ3n) is 3.47. The number of hydrogen-bond donors (Lipinski definition) is 0. The van der Waals surface area contributed by atoms with Gasteiger partial charge in [-0.25, -0.2) is 0 Å². The molecule has 0 amide bonds. The second kappa shape index (κ2) is 8.32. The molecular weight excluding hydrogens is 204 g/mol. The van der Waals surface area contributed by atoms with Crippen LogP contribution < -0.4 is 0 Å². The smallest absolute Gasteiger partial charge is 0.0237 e. The monoisotopic (exact) mass is 230 g/mol. The Morgan fingerprint density at radius 1 is 1.00 bits per heavy atom. The van der Waals surface area contributed by atoms with Crippen molar-refractivity contribution in [3.05, 3.63) is 0 Å². The van der Waals surface area contributed by atoms with Gasteiger partial charge in [0.1, 0.15) is 0 Å². The molecule has 0 atom stereocenters. The van der Waals surface area contributed by atoms with E-state index in [-0.39, 0.29) is 0 Å². The van der Waals surface area contributed by atoms with E-state index >= 15 is 0 Å². The van der Waals surface area contributed by atoms with E-state index in [1.807, 2.05) is 0 Å². The first-order valence-corrected chi connectivity index (χ1v) is 8.16. The third kappa shape index (κ3) is 6.34. The van der Waals surface area contributed by atoms with Gasteiger partial charge < -0.3 is 0 Å². The molecule has 1 aliphatic rings. The maximum absolute atomic E-state index is 11.2. The average Bonchev–Trinajstić information content (AvgIpc) is 2.26. The van der Waals surface area contributed by atoms with Crippen LogP contribution in [0.2, 0.25) is 0 Å². The van der Waals surface area contributed by atoms with E-state index in [1.54, 1.807) is 0 Å². The van der Waals surface area contributed by atoms with Gasteiger partial charge in [-0.2, -0.15) is 0 Å². The molecule has 0 aromatic carbocycles. The van der Waals surface area contributed by atoms with Gasteiger partial charge >= 0.3 is 0 Å². The lowest BCUT2D eigenvalue weighted by molar-refractivity contribution is 0.420. The van der Waals surface area contributed by atoms with Crippen LogP contribution in [-0.4, -0.2) is 15.7 Å². The lowest BCUT2D eigenvalue weighted by Gasteiger charge is -2.20. The maximum Gasteiger partial charge on any atom is 0.0237 e. The molecule has 1 fully saturated rings. The van der Waals surface area contributed by atoms with E-state index in [9.17, 15) is 4.21 Å². The first-order chi connectivity index (χ1) is 7.33. The van der Waals surface area contributed by atoms with Gasteiger partial charge in [-0.1, -0.05) is 51.9 Å². The van der Waals surface area contributed by atoms with E-state index in [0.29, 0.717) is 0 Å². The maximum atomic E-state index is 11.2. The van der Waals surface area contributed by atoms with Crippen LogP contribution >= 0.6 is 0 Å². The summed E-state index contributed by atoms with van der Waals surface area (Å²) in [5, 5.41) is 0. The molecule has 0 aliphatic carbocycles. The zero-order valence-electron chi connectivity index (χ0n) is 10.2. The van der Waals surface area contributed by atoms with E-state index in [2.05, 4.69) is 6.92 Å². The highest BCUT2D eigenvalue weighted by Gasteiger charge is 2.16. The first-order valence-electron chi connectivity index (χ1n) is 6.68. The van der Waals surface area contributed by atoms with Crippen LogP contribution in [0.15, 0.2) is 0 Å². The van der Waals surface area contributed by atoms with Gasteiger partial charge in [0.05, 0.1) is 0 Å². The molecule has 0 unspecified atom stereocenters. The number of unbranched alkanes of at least 4 members (excludes halogenated alkanes) is 5. The van der Waals surface area contributed by atoms with Crippen molar-refractivity contribution in [2.45, 2.75) is 64.7 Å². The van der Waals surface area contributed by atoms with Crippen molar-refractivity contribution in [1.29, 1.82) is 0 Å². The Labute approximate surface area is 97.5 Å². The minimum Gasteiger partial charge on any atom is -0.260 e. The first kappa shape index (κ1) is 13.2. The molecule has 0 N–H and O–H groups in total. The van der Waals surface area contributed by atoms with Gasteiger partial charge in [0, 0.05) is 22.3 Å². The molecule has 15 heavy (non-hydrogen) atoms. The molecule has 0 aromatic heterocycles. The van der Waals surface area contributed by atoms with Gasteiger partial charge in [-0.05, 0) is 18.8 Å². The van der Waals surface area contributed by atoms with Gasteiger partial charge in [-0.15, -0.1) is 0 Å². The minimum atomic E-state index is -0.473. The van der Waals surface area contributed by atoms with Crippen molar-refractivity contribution in [3.63, 3.8) is 0 Å². The summed E-state index contributed by atoms with van der Waals surface area (Å²) in [6, 6.07) is 0. The van der Waals surface area contributed by atoms with Crippen LogP contribution in [-0.2, 0) is 10.8 Å². The second-order valence-corrected chi connectivity index (χ2v) is 6.54. The Morgan fingerprint density at radius 3 is 2.27 bits per heavy atom. The number of rotatable bonds is 7. The standard InChI is InChI=1S/C13H26OS/c1-2-3-4-5-6-7-8-13-9-11-15(14)12-10-13/h13H,2-12H2,1H3. The van der Waals surface area contributed by atoms with E-state index < -0.39 is 10.8 Å². The highest BCUT2D eigenvalue weighted by molar-refractivity contribution is 7.85. The molecular formula is C13H26OS. The van der Waals surface area contributed by atoms with Gasteiger partial charge in [0.25, 0.3) is 0 Å². The topological polar surface area (TPSA) is 17.1 Å². The summed E-state index contributed by atoms with van der Waals surface area (Å²) in [6.07, 6.45) is 12.3. The largest absolute Gasteiger partial charge is 0.260 e. The van der Waals surface area contributed by atoms with Crippen molar-refractivity contribution in [3.8, 4) is 0 Å². The predicted octanol–water partition coefficient (Wildman–Crippen LogP) is 3.90. The van der Waals surface area contributed by atoms with Crippen LogP contribution in [0.25, 0.3) is 0 Å². The summed E-state index contributed by atoms with van der Waals surface area (Å²) in [5.74, 6) is 2.84. The molecule has 1 saturated heterocycles. The minimum absolute atomic E-state index is 0.473. The summed E-state index contributed by atoms with van der Waals surface area (Å²) in [7, 11) is -0.473. The predicted molar refractivity (Wildman–Crippen MR) is 68.6 cm³/mol. The molecule has 0 saturated carbocycles. The van der Waals surface area contributed by atoms with E-state index in [0.717, 1.165) is 17.4 Å². The van der Waals surface area contributed by atoms with Crippen LogP contribution in [0.3, 0.4) is 0 Å². The SMILES string of the molecule is CCCCCCCCC1CCS(=O)CC1. The quantitative estimate of drug-likeness (QED) is 0.606. The zero-order valence-corrected chi connectivity index (χ0v) is 11.0. The normalized spacial score (nSPS) is 26.7. The van der Waals surface area contributed by atoms with Gasteiger partial charge in [-0.3, -0.25) is 4.21 Å². The molecule has 0 radical (unpaired) electrons. The molecule has 1 rings (SSSR count). The van der Waals surface area contributed by atoms with Crippen LogP contribution in [0.5, 0.6) is 0 Å². The van der Waals surface area contributed by atoms with Crippen molar-refractivity contribution in [2.24, 2.45) is 5.92 Å². The highest BCUT2D eigenvalue weighted by atomic mass is 32.2. The van der Waals surface area contributed by atoms with Crippen molar-refractivity contribution in [1.82, 2.24) is 0 Å². The summed E-state index contributed by atoms with van der Waals surface area (Å²) >= 11 is 0. The van der Waals surface area contributed by atoms with Crippen molar-refractivity contribution in [2.75, 3.05) is 11.5 Å². The fourth-order valence-electron chi connectivity index (χ4n) is 2.34. The molecule has 1 aliphatic heterocycles. The summed E-state index contributed by atoms with van der Waals surface area (Å²) < 4.78 is 11.2. The fraction of sp³-hybridized carbons (Fsp3) is 1.00. The van der Waals surface area contributed by atoms with Crippen molar-refractivity contribution < 1.29 is 4.21 Å². The highest BCUT2D eigenvalue weighted by Crippen LogP contribution is 2.22. The molecule has 1 nitrogen and oxygen atoms in total. The molecule has 0 spiro atoms. The van der Waals surface area contributed by atoms with Gasteiger partial charge in [0.15, 0.2) is 0 Å². The molecule has 2 heteroatoms. The van der Waals surface area contributed by atoms with Crippen LogP contribution in [0.1, 0.15) is 64.7 Å². The lowest BCUT2D eigenvalue weighted by Crippen LogP contribution is -2.18. The Kier molecular flexibility index (Phi) is 7.33. The Bertz CT molecular complexity index is 169. The Hall–Kier alpha value is 0.150. The fourth-order valence-corrected chi connectivity index (χ4v) is 3.74. The third-order valence-corrected chi connectivity index (χ3v) is 4.86. The molecule has 1 heterocycles. The lowest BCUT2D eigenvalue weighted by atomic mass is 9.95. The zero-order chi connectivity index (χ0) is 10.9. The molecule has 0 aromatic rings. The Balaban J connectivity index is 1.89. The average molecular weight is 230 g/mol. The van der Waals surface area contributed by atoms with Crippen LogP contribution in [0, 0.1) is 5.92 Å². The second-order valence-electron chi connectivity index (χ2n) is 4.85. The van der Waals surface area contributed by atoms with E-state index in [1.165, 1.54) is 57.8 Å². The molecule has 90 valence electrons. The Morgan fingerprint density at radius 2 is 1.60 bits per heavy atom. The van der Waals surface area contributed by atoms with Gasteiger partial charge in [0.2, 0.25) is 0 Å². The van der Waals surface area contributed by atoms with E-state index in [4.69, 9.17) is 0 Å². The van der Waals surface area contributed by atoms with Crippen molar-refractivity contribution >= 4 is 10.8 Å². The summed E-state index contributed by atoms with van der Waals surface area (Å²) in [4.78, 5) is 0. The molecule has 0 bridgehead atoms. The summed E-state index contributed by atoms with van der Waals surface area (Å²) in [6.45, 7) is 2.27. The van der Waals surface area contributed by atoms with Crippen LogP contribution in [0.4, 0.5) is 0 Å².